The monoisotopic (exact) mass is 394 g/mol. The lowest BCUT2D eigenvalue weighted by molar-refractivity contribution is -0.136. The maximum Gasteiger partial charge on any atom is 0.278 e. The Morgan fingerprint density at radius 3 is 2.48 bits per heavy atom. The van der Waals surface area contributed by atoms with E-state index >= 15 is 0 Å². The number of hydrogen-bond donors (Lipinski definition) is 1. The third-order valence-corrected chi connectivity index (χ3v) is 4.30. The van der Waals surface area contributed by atoms with Gasteiger partial charge in [0.15, 0.2) is 0 Å². The highest BCUT2D eigenvalue weighted by molar-refractivity contribution is 6.36. The largest absolute Gasteiger partial charge is 0.493 e. The minimum Gasteiger partial charge on any atom is -0.493 e. The van der Waals surface area contributed by atoms with Crippen LogP contribution >= 0.6 is 0 Å². The highest BCUT2D eigenvalue weighted by Crippen LogP contribution is 2.31. The fourth-order valence-electron chi connectivity index (χ4n) is 2.95. The quantitative estimate of drug-likeness (QED) is 0.538. The smallest absolute Gasteiger partial charge is 0.278 e. The van der Waals surface area contributed by atoms with Gasteiger partial charge in [0.25, 0.3) is 11.8 Å². The molecular weight excluding hydrogens is 371 g/mol. The van der Waals surface area contributed by atoms with Crippen LogP contribution in [0, 0.1) is 11.7 Å². The van der Waals surface area contributed by atoms with E-state index < -0.39 is 17.6 Å². The Hall–Kier alpha value is -3.41. The van der Waals surface area contributed by atoms with E-state index in [0.29, 0.717) is 29.5 Å². The first-order chi connectivity index (χ1) is 13.9. The fourth-order valence-corrected chi connectivity index (χ4v) is 2.95. The summed E-state index contributed by atoms with van der Waals surface area (Å²) in [5, 5.41) is 2.92. The molecular formula is C23H23FN2O3. The van der Waals surface area contributed by atoms with Gasteiger partial charge < -0.3 is 10.1 Å². The maximum absolute atomic E-state index is 13.6. The predicted molar refractivity (Wildman–Crippen MR) is 111 cm³/mol. The second-order valence-corrected chi connectivity index (χ2v) is 7.12. The van der Waals surface area contributed by atoms with Crippen molar-refractivity contribution in [2.24, 2.45) is 5.92 Å². The van der Waals surface area contributed by atoms with E-state index in [2.05, 4.69) is 25.7 Å². The average molecular weight is 394 g/mol. The lowest BCUT2D eigenvalue weighted by Crippen LogP contribution is -2.32. The normalized spacial score (nSPS) is 14.0. The van der Waals surface area contributed by atoms with Gasteiger partial charge in [-0.05, 0) is 41.8 Å². The van der Waals surface area contributed by atoms with Crippen molar-refractivity contribution >= 4 is 23.1 Å². The molecule has 0 atom stereocenters. The standard InChI is InChI=1S/C23H23FN2O3/c1-4-12-26-22(27)20(16-8-10-19(11-9-16)29-14-15(2)3)21(23(26)28)25-18-7-5-6-17(24)13-18/h4-11,13,15,25H,1,12,14H2,2-3H3. The lowest BCUT2D eigenvalue weighted by Gasteiger charge is -2.12. The summed E-state index contributed by atoms with van der Waals surface area (Å²) in [6.07, 6.45) is 1.49. The van der Waals surface area contributed by atoms with Gasteiger partial charge in [0.05, 0.1) is 12.2 Å². The number of imide groups is 1. The zero-order chi connectivity index (χ0) is 21.0. The van der Waals surface area contributed by atoms with Crippen LogP contribution in [-0.2, 0) is 9.59 Å². The summed E-state index contributed by atoms with van der Waals surface area (Å²) in [6, 6.07) is 12.7. The van der Waals surface area contributed by atoms with Crippen molar-refractivity contribution in [1.29, 1.82) is 0 Å². The van der Waals surface area contributed by atoms with Gasteiger partial charge in [-0.15, -0.1) is 6.58 Å². The van der Waals surface area contributed by atoms with Gasteiger partial charge in [-0.1, -0.05) is 38.1 Å². The molecule has 150 valence electrons. The maximum atomic E-state index is 13.6. The Labute approximate surface area is 169 Å². The van der Waals surface area contributed by atoms with Crippen LogP contribution in [0.3, 0.4) is 0 Å². The van der Waals surface area contributed by atoms with Crippen LogP contribution in [0.4, 0.5) is 10.1 Å². The number of amides is 2. The van der Waals surface area contributed by atoms with E-state index in [1.807, 2.05) is 0 Å². The zero-order valence-electron chi connectivity index (χ0n) is 16.4. The zero-order valence-corrected chi connectivity index (χ0v) is 16.4. The van der Waals surface area contributed by atoms with Crippen LogP contribution in [0.15, 0.2) is 66.9 Å². The van der Waals surface area contributed by atoms with E-state index in [1.54, 1.807) is 30.3 Å². The Bertz CT molecular complexity index is 964. The molecule has 5 nitrogen and oxygen atoms in total. The third-order valence-electron chi connectivity index (χ3n) is 4.30. The van der Waals surface area contributed by atoms with Gasteiger partial charge in [0, 0.05) is 12.2 Å². The summed E-state index contributed by atoms with van der Waals surface area (Å²) in [7, 11) is 0. The molecule has 29 heavy (non-hydrogen) atoms. The van der Waals surface area contributed by atoms with Gasteiger partial charge in [-0.2, -0.15) is 0 Å². The number of carbonyl (C=O) groups excluding carboxylic acids is 2. The van der Waals surface area contributed by atoms with E-state index in [-0.39, 0.29) is 17.8 Å². The molecule has 1 aliphatic rings. The molecule has 6 heteroatoms. The lowest BCUT2D eigenvalue weighted by atomic mass is 10.0. The van der Waals surface area contributed by atoms with Crippen LogP contribution in [0.2, 0.25) is 0 Å². The molecule has 0 spiro atoms. The van der Waals surface area contributed by atoms with E-state index in [0.717, 1.165) is 4.90 Å². The van der Waals surface area contributed by atoms with Crippen LogP contribution in [0.5, 0.6) is 5.75 Å². The summed E-state index contributed by atoms with van der Waals surface area (Å²) < 4.78 is 19.2. The Morgan fingerprint density at radius 2 is 1.86 bits per heavy atom. The Balaban J connectivity index is 1.97. The highest BCUT2D eigenvalue weighted by Gasteiger charge is 2.38. The van der Waals surface area contributed by atoms with Crippen molar-refractivity contribution in [1.82, 2.24) is 4.90 Å². The predicted octanol–water partition coefficient (Wildman–Crippen LogP) is 4.24. The highest BCUT2D eigenvalue weighted by atomic mass is 19.1. The average Bonchev–Trinajstić information content (AvgIpc) is 2.91. The number of halogens is 1. The van der Waals surface area contributed by atoms with Gasteiger partial charge in [-0.3, -0.25) is 14.5 Å². The van der Waals surface area contributed by atoms with Gasteiger partial charge in [0.2, 0.25) is 0 Å². The molecule has 1 aliphatic heterocycles. The van der Waals surface area contributed by atoms with Crippen molar-refractivity contribution < 1.29 is 18.7 Å². The summed E-state index contributed by atoms with van der Waals surface area (Å²) in [5.74, 6) is -0.272. The van der Waals surface area contributed by atoms with Crippen molar-refractivity contribution in [3.63, 3.8) is 0 Å². The molecule has 0 unspecified atom stereocenters. The van der Waals surface area contributed by atoms with Gasteiger partial charge >= 0.3 is 0 Å². The van der Waals surface area contributed by atoms with Crippen molar-refractivity contribution in [2.75, 3.05) is 18.5 Å². The molecule has 1 N–H and O–H groups in total. The summed E-state index contributed by atoms with van der Waals surface area (Å²) in [5.41, 5.74) is 1.30. The van der Waals surface area contributed by atoms with Gasteiger partial charge in [0.1, 0.15) is 17.3 Å². The molecule has 2 amide bonds. The van der Waals surface area contributed by atoms with Crippen LogP contribution < -0.4 is 10.1 Å². The summed E-state index contributed by atoms with van der Waals surface area (Å²) >= 11 is 0. The molecule has 0 saturated heterocycles. The number of benzene rings is 2. The number of nitrogens with zero attached hydrogens (tertiary/aromatic N) is 1. The first-order valence-corrected chi connectivity index (χ1v) is 9.38. The Kier molecular flexibility index (Phi) is 6.12. The molecule has 0 aliphatic carbocycles. The number of hydrogen-bond acceptors (Lipinski definition) is 4. The van der Waals surface area contributed by atoms with Crippen LogP contribution in [-0.4, -0.2) is 29.9 Å². The Morgan fingerprint density at radius 1 is 1.14 bits per heavy atom. The first-order valence-electron chi connectivity index (χ1n) is 9.38. The molecule has 0 radical (unpaired) electrons. The number of ether oxygens (including phenoxy) is 1. The van der Waals surface area contributed by atoms with E-state index in [9.17, 15) is 14.0 Å². The molecule has 0 bridgehead atoms. The topological polar surface area (TPSA) is 58.6 Å². The number of nitrogens with one attached hydrogen (secondary N) is 1. The molecule has 2 aromatic rings. The van der Waals surface area contributed by atoms with Gasteiger partial charge in [-0.25, -0.2) is 4.39 Å². The van der Waals surface area contributed by atoms with Crippen molar-refractivity contribution in [3.05, 3.63) is 78.3 Å². The second-order valence-electron chi connectivity index (χ2n) is 7.12. The number of carbonyl (C=O) groups is 2. The summed E-state index contributed by atoms with van der Waals surface area (Å²) in [6.45, 7) is 8.39. The van der Waals surface area contributed by atoms with Crippen molar-refractivity contribution in [2.45, 2.75) is 13.8 Å². The minimum absolute atomic E-state index is 0.0884. The number of rotatable bonds is 8. The first kappa shape index (κ1) is 20.3. The second kappa shape index (κ2) is 8.73. The molecule has 0 fully saturated rings. The molecule has 1 heterocycles. The van der Waals surface area contributed by atoms with E-state index in [4.69, 9.17) is 4.74 Å². The van der Waals surface area contributed by atoms with Crippen LogP contribution in [0.1, 0.15) is 19.4 Å². The van der Waals surface area contributed by atoms with Crippen LogP contribution in [0.25, 0.3) is 5.57 Å². The minimum atomic E-state index is -0.478. The fraction of sp³-hybridized carbons (Fsp3) is 0.217. The third kappa shape index (κ3) is 4.54. The SMILES string of the molecule is C=CCN1C(=O)C(Nc2cccc(F)c2)=C(c2ccc(OCC(C)C)cc2)C1=O. The molecule has 3 rings (SSSR count). The van der Waals surface area contributed by atoms with E-state index in [1.165, 1.54) is 24.3 Å². The molecule has 0 aromatic heterocycles. The molecule has 0 saturated carbocycles. The summed E-state index contributed by atoms with van der Waals surface area (Å²) in [4.78, 5) is 26.9. The van der Waals surface area contributed by atoms with Crippen molar-refractivity contribution in [3.8, 4) is 5.75 Å². The number of anilines is 1. The molecule has 2 aromatic carbocycles.